The van der Waals surface area contributed by atoms with Gasteiger partial charge in [-0.2, -0.15) is 5.10 Å². The van der Waals surface area contributed by atoms with E-state index in [1.54, 1.807) is 37.7 Å². The average molecular weight is 416 g/mol. The van der Waals surface area contributed by atoms with Crippen LogP contribution in [0.1, 0.15) is 30.8 Å². The van der Waals surface area contributed by atoms with Crippen molar-refractivity contribution in [2.24, 2.45) is 12.2 Å². The molecule has 1 aromatic carbocycles. The van der Waals surface area contributed by atoms with Gasteiger partial charge in [0.1, 0.15) is 0 Å². The summed E-state index contributed by atoms with van der Waals surface area (Å²) in [5.41, 5.74) is 3.40. The van der Waals surface area contributed by atoms with Gasteiger partial charge < -0.3 is 24.4 Å². The lowest BCUT2D eigenvalue weighted by Gasteiger charge is -2.13. The van der Waals surface area contributed by atoms with Crippen molar-refractivity contribution in [1.82, 2.24) is 9.78 Å². The molecular formula is C20H24N4O6. The molecule has 0 fully saturated rings. The van der Waals surface area contributed by atoms with Gasteiger partial charge in [-0.3, -0.25) is 9.48 Å². The second-order valence-corrected chi connectivity index (χ2v) is 6.81. The summed E-state index contributed by atoms with van der Waals surface area (Å²) >= 11 is 0. The molecule has 160 valence electrons. The molecule has 1 atom stereocenters. The number of aromatic nitrogens is 2. The van der Waals surface area contributed by atoms with Crippen LogP contribution in [0, 0.1) is 13.8 Å². The summed E-state index contributed by atoms with van der Waals surface area (Å²) < 4.78 is 17.4. The number of hydrogen-bond acceptors (Lipinski definition) is 8. The molecule has 0 bridgehead atoms. The van der Waals surface area contributed by atoms with E-state index >= 15 is 0 Å². The Morgan fingerprint density at radius 3 is 2.73 bits per heavy atom. The highest BCUT2D eigenvalue weighted by atomic mass is 16.7. The zero-order chi connectivity index (χ0) is 21.8. The number of amides is 1. The maximum atomic E-state index is 12.3. The molecular weight excluding hydrogens is 392 g/mol. The maximum Gasteiger partial charge on any atom is 0.347 e. The molecule has 1 aliphatic heterocycles. The minimum atomic E-state index is -1.00. The van der Waals surface area contributed by atoms with Gasteiger partial charge in [-0.25, -0.2) is 4.79 Å². The van der Waals surface area contributed by atoms with Crippen LogP contribution >= 0.6 is 0 Å². The van der Waals surface area contributed by atoms with Crippen LogP contribution in [0.25, 0.3) is 0 Å². The van der Waals surface area contributed by atoms with Crippen molar-refractivity contribution in [1.29, 1.82) is 0 Å². The van der Waals surface area contributed by atoms with Crippen LogP contribution in [0.15, 0.2) is 23.4 Å². The smallest absolute Gasteiger partial charge is 0.347 e. The highest BCUT2D eigenvalue weighted by Crippen LogP contribution is 2.32. The van der Waals surface area contributed by atoms with Crippen LogP contribution in [0.4, 0.5) is 5.69 Å². The summed E-state index contributed by atoms with van der Waals surface area (Å²) in [6.45, 7) is 6.59. The van der Waals surface area contributed by atoms with Crippen molar-refractivity contribution in [3.63, 3.8) is 0 Å². The quantitative estimate of drug-likeness (QED) is 0.418. The lowest BCUT2D eigenvalue weighted by Crippen LogP contribution is -2.31. The summed E-state index contributed by atoms with van der Waals surface area (Å²) in [5.74, 6) is 0.127. The van der Waals surface area contributed by atoms with Crippen LogP contribution < -0.4 is 14.8 Å². The first kappa shape index (κ1) is 21.2. The largest absolute Gasteiger partial charge is 0.454 e. The molecule has 0 unspecified atom stereocenters. The van der Waals surface area contributed by atoms with Gasteiger partial charge in [-0.1, -0.05) is 5.16 Å². The van der Waals surface area contributed by atoms with Crippen LogP contribution in [0.5, 0.6) is 11.5 Å². The lowest BCUT2D eigenvalue weighted by atomic mass is 10.1. The summed E-state index contributed by atoms with van der Waals surface area (Å²) in [7, 11) is 1.78. The topological polar surface area (TPSA) is 113 Å². The predicted octanol–water partition coefficient (Wildman–Crippen LogP) is 2.08. The van der Waals surface area contributed by atoms with E-state index in [2.05, 4.69) is 15.6 Å². The van der Waals surface area contributed by atoms with E-state index in [1.165, 1.54) is 6.92 Å². The SMILES string of the molecule is C/C(=N/OCC(=O)O[C@@H](C)C(=O)Nc1c(C)nn(C)c1C)c1ccc2c(c1)OCO2. The third-order valence-electron chi connectivity index (χ3n) is 4.61. The molecule has 0 aliphatic carbocycles. The molecule has 0 saturated heterocycles. The van der Waals surface area contributed by atoms with E-state index in [1.807, 2.05) is 13.0 Å². The highest BCUT2D eigenvalue weighted by Gasteiger charge is 2.21. The van der Waals surface area contributed by atoms with Crippen molar-refractivity contribution in [2.45, 2.75) is 33.8 Å². The van der Waals surface area contributed by atoms with Gasteiger partial charge in [0, 0.05) is 12.6 Å². The normalized spacial score (nSPS) is 13.7. The van der Waals surface area contributed by atoms with Gasteiger partial charge in [-0.15, -0.1) is 0 Å². The zero-order valence-corrected chi connectivity index (χ0v) is 17.5. The van der Waals surface area contributed by atoms with Gasteiger partial charge in [0.15, 0.2) is 17.6 Å². The van der Waals surface area contributed by atoms with E-state index in [0.717, 1.165) is 11.3 Å². The minimum absolute atomic E-state index is 0.184. The van der Waals surface area contributed by atoms with Gasteiger partial charge in [0.2, 0.25) is 13.4 Å². The number of carbonyl (C=O) groups excluding carboxylic acids is 2. The third kappa shape index (κ3) is 4.70. The molecule has 2 heterocycles. The van der Waals surface area contributed by atoms with E-state index in [9.17, 15) is 9.59 Å². The van der Waals surface area contributed by atoms with Crippen LogP contribution in [-0.2, 0) is 26.2 Å². The van der Waals surface area contributed by atoms with Crippen LogP contribution in [-0.4, -0.2) is 46.9 Å². The maximum absolute atomic E-state index is 12.3. The number of nitrogens with zero attached hydrogens (tertiary/aromatic N) is 3. The van der Waals surface area contributed by atoms with Gasteiger partial charge in [0.25, 0.3) is 5.91 Å². The minimum Gasteiger partial charge on any atom is -0.454 e. The number of esters is 1. The summed E-state index contributed by atoms with van der Waals surface area (Å²) in [6, 6.07) is 5.36. The third-order valence-corrected chi connectivity index (χ3v) is 4.61. The van der Waals surface area contributed by atoms with Crippen molar-refractivity contribution in [3.8, 4) is 11.5 Å². The molecule has 30 heavy (non-hydrogen) atoms. The number of oxime groups is 1. The molecule has 2 aromatic rings. The first-order valence-corrected chi connectivity index (χ1v) is 9.33. The number of carbonyl (C=O) groups is 2. The Morgan fingerprint density at radius 1 is 1.30 bits per heavy atom. The second-order valence-electron chi connectivity index (χ2n) is 6.81. The summed E-state index contributed by atoms with van der Waals surface area (Å²) in [5, 5.41) is 10.9. The van der Waals surface area contributed by atoms with Crippen molar-refractivity contribution in [3.05, 3.63) is 35.2 Å². The molecule has 1 aliphatic rings. The number of ether oxygens (including phenoxy) is 3. The van der Waals surface area contributed by atoms with Crippen LogP contribution in [0.2, 0.25) is 0 Å². The first-order chi connectivity index (χ1) is 14.3. The van der Waals surface area contributed by atoms with Crippen LogP contribution in [0.3, 0.4) is 0 Å². The molecule has 10 nitrogen and oxygen atoms in total. The Balaban J connectivity index is 1.49. The number of nitrogens with one attached hydrogen (secondary N) is 1. The predicted molar refractivity (Wildman–Crippen MR) is 108 cm³/mol. The Labute approximate surface area is 173 Å². The first-order valence-electron chi connectivity index (χ1n) is 9.33. The van der Waals surface area contributed by atoms with E-state index in [0.29, 0.717) is 28.6 Å². The fourth-order valence-electron chi connectivity index (χ4n) is 2.82. The second kappa shape index (κ2) is 8.85. The van der Waals surface area contributed by atoms with Gasteiger partial charge in [0.05, 0.1) is 22.8 Å². The zero-order valence-electron chi connectivity index (χ0n) is 17.5. The lowest BCUT2D eigenvalue weighted by molar-refractivity contribution is -0.157. The Morgan fingerprint density at radius 2 is 2.03 bits per heavy atom. The Bertz CT molecular complexity index is 997. The molecule has 1 aromatic heterocycles. The van der Waals surface area contributed by atoms with E-state index in [-0.39, 0.29) is 6.79 Å². The number of rotatable bonds is 7. The van der Waals surface area contributed by atoms with Gasteiger partial charge >= 0.3 is 5.97 Å². The fourth-order valence-corrected chi connectivity index (χ4v) is 2.82. The monoisotopic (exact) mass is 416 g/mol. The number of hydrogen-bond donors (Lipinski definition) is 1. The molecule has 3 rings (SSSR count). The fraction of sp³-hybridized carbons (Fsp3) is 0.400. The summed E-state index contributed by atoms with van der Waals surface area (Å²) in [4.78, 5) is 29.3. The highest BCUT2D eigenvalue weighted by molar-refractivity contribution is 5.99. The Hall–Kier alpha value is -3.56. The molecule has 1 N–H and O–H groups in total. The average Bonchev–Trinajstić information content (AvgIpc) is 3.26. The van der Waals surface area contributed by atoms with E-state index < -0.39 is 24.6 Å². The van der Waals surface area contributed by atoms with Crippen molar-refractivity contribution < 1.29 is 28.6 Å². The number of anilines is 1. The molecule has 10 heteroatoms. The molecule has 0 saturated carbocycles. The number of fused-ring (bicyclic) bond motifs is 1. The molecule has 0 spiro atoms. The Kier molecular flexibility index (Phi) is 6.24. The standard InChI is InChI=1S/C20H24N4O6/c1-11(15-6-7-16-17(8-15)28-10-27-16)23-29-9-18(25)30-14(4)20(26)21-19-12(2)22-24(5)13(19)3/h6-8,14H,9-10H2,1-5H3,(H,21,26)/b23-11-/t14-/m0/s1. The molecule has 0 radical (unpaired) electrons. The number of aryl methyl sites for hydroxylation is 2. The summed E-state index contributed by atoms with van der Waals surface area (Å²) in [6.07, 6.45) is -1.00. The van der Waals surface area contributed by atoms with E-state index in [4.69, 9.17) is 19.0 Å². The van der Waals surface area contributed by atoms with Crippen molar-refractivity contribution in [2.75, 3.05) is 18.7 Å². The number of benzene rings is 1. The van der Waals surface area contributed by atoms with Crippen molar-refractivity contribution >= 4 is 23.3 Å². The van der Waals surface area contributed by atoms with Gasteiger partial charge in [-0.05, 0) is 45.9 Å². The molecule has 1 amide bonds.